The van der Waals surface area contributed by atoms with Gasteiger partial charge in [0.1, 0.15) is 0 Å². The summed E-state index contributed by atoms with van der Waals surface area (Å²) in [5, 5.41) is 2.49. The molecule has 0 aliphatic heterocycles. The number of anilines is 3. The van der Waals surface area contributed by atoms with E-state index in [0.717, 1.165) is 18.3 Å². The lowest BCUT2D eigenvalue weighted by molar-refractivity contribution is -0.137. The molecule has 106 valence electrons. The van der Waals surface area contributed by atoms with Crippen LogP contribution in [0.2, 0.25) is 0 Å². The molecular formula is C12H10F4N4. The highest BCUT2D eigenvalue weighted by molar-refractivity contribution is 5.62. The number of aromatic nitrogens is 2. The van der Waals surface area contributed by atoms with Gasteiger partial charge in [0, 0.05) is 5.69 Å². The fourth-order valence-corrected chi connectivity index (χ4v) is 1.53. The van der Waals surface area contributed by atoms with Crippen LogP contribution >= 0.6 is 0 Å². The lowest BCUT2D eigenvalue weighted by Gasteiger charge is -2.13. The molecule has 0 spiro atoms. The molecule has 8 heteroatoms. The third-order valence-corrected chi connectivity index (χ3v) is 2.58. The molecule has 0 bridgehead atoms. The quantitative estimate of drug-likeness (QED) is 0.832. The molecule has 0 saturated heterocycles. The lowest BCUT2D eigenvalue weighted by atomic mass is 10.1. The van der Waals surface area contributed by atoms with Crippen LogP contribution in [0.5, 0.6) is 0 Å². The SMILES string of the molecule is Cc1ccc(C(F)(F)F)cc1Nc1nc(N)ncc1F. The van der Waals surface area contributed by atoms with Crippen molar-refractivity contribution in [3.8, 4) is 0 Å². The summed E-state index contributed by atoms with van der Waals surface area (Å²) in [5.74, 6) is -1.27. The number of benzene rings is 1. The van der Waals surface area contributed by atoms with E-state index >= 15 is 0 Å². The summed E-state index contributed by atoms with van der Waals surface area (Å²) in [6, 6.07) is 3.12. The first kappa shape index (κ1) is 14.0. The molecule has 4 nitrogen and oxygen atoms in total. The molecule has 1 aromatic heterocycles. The van der Waals surface area contributed by atoms with Gasteiger partial charge in [0.15, 0.2) is 11.6 Å². The number of hydrogen-bond donors (Lipinski definition) is 2. The van der Waals surface area contributed by atoms with Crippen LogP contribution in [0.4, 0.5) is 35.0 Å². The summed E-state index contributed by atoms with van der Waals surface area (Å²) in [6.07, 6.45) is -3.64. The first-order chi connectivity index (χ1) is 9.27. The normalized spacial score (nSPS) is 11.4. The van der Waals surface area contributed by atoms with Gasteiger partial charge in [-0.25, -0.2) is 9.37 Å². The predicted octanol–water partition coefficient (Wildman–Crippen LogP) is 3.27. The van der Waals surface area contributed by atoms with E-state index in [1.807, 2.05) is 0 Å². The Balaban J connectivity index is 2.40. The Morgan fingerprint density at radius 1 is 1.25 bits per heavy atom. The fraction of sp³-hybridized carbons (Fsp3) is 0.167. The van der Waals surface area contributed by atoms with Crippen LogP contribution in [-0.4, -0.2) is 9.97 Å². The zero-order valence-electron chi connectivity index (χ0n) is 10.3. The number of nitrogens with one attached hydrogen (secondary N) is 1. The van der Waals surface area contributed by atoms with E-state index in [0.29, 0.717) is 5.56 Å². The first-order valence-electron chi connectivity index (χ1n) is 5.50. The summed E-state index contributed by atoms with van der Waals surface area (Å²) in [5.41, 5.74) is 5.07. The third-order valence-electron chi connectivity index (χ3n) is 2.58. The molecule has 2 aromatic rings. The van der Waals surface area contributed by atoms with Crippen LogP contribution in [0.25, 0.3) is 0 Å². The van der Waals surface area contributed by atoms with Crippen LogP contribution in [0.1, 0.15) is 11.1 Å². The molecule has 0 fully saturated rings. The van der Waals surface area contributed by atoms with Crippen molar-refractivity contribution in [2.75, 3.05) is 11.1 Å². The maximum absolute atomic E-state index is 13.5. The van der Waals surface area contributed by atoms with Gasteiger partial charge < -0.3 is 11.1 Å². The van der Waals surface area contributed by atoms with Crippen molar-refractivity contribution in [1.29, 1.82) is 0 Å². The van der Waals surface area contributed by atoms with Crippen molar-refractivity contribution in [3.63, 3.8) is 0 Å². The molecule has 0 aliphatic rings. The second-order valence-corrected chi connectivity index (χ2v) is 4.08. The lowest BCUT2D eigenvalue weighted by Crippen LogP contribution is -2.07. The Labute approximate surface area is 111 Å². The zero-order chi connectivity index (χ0) is 14.9. The number of alkyl halides is 3. The molecule has 20 heavy (non-hydrogen) atoms. The van der Waals surface area contributed by atoms with Crippen molar-refractivity contribution in [2.24, 2.45) is 0 Å². The van der Waals surface area contributed by atoms with Crippen LogP contribution in [0, 0.1) is 12.7 Å². The van der Waals surface area contributed by atoms with Gasteiger partial charge >= 0.3 is 6.18 Å². The molecule has 0 unspecified atom stereocenters. The molecule has 0 saturated carbocycles. The molecule has 1 aromatic carbocycles. The van der Waals surface area contributed by atoms with Gasteiger partial charge in [-0.2, -0.15) is 18.2 Å². The largest absolute Gasteiger partial charge is 0.416 e. The second-order valence-electron chi connectivity index (χ2n) is 4.08. The minimum absolute atomic E-state index is 0.0943. The maximum Gasteiger partial charge on any atom is 0.416 e. The molecule has 0 aliphatic carbocycles. The van der Waals surface area contributed by atoms with E-state index < -0.39 is 17.6 Å². The molecular weight excluding hydrogens is 276 g/mol. The molecule has 1 heterocycles. The average Bonchev–Trinajstić information content (AvgIpc) is 2.35. The fourth-order valence-electron chi connectivity index (χ4n) is 1.53. The number of nitrogen functional groups attached to an aromatic ring is 1. The van der Waals surface area contributed by atoms with Crippen molar-refractivity contribution in [3.05, 3.63) is 41.3 Å². The Morgan fingerprint density at radius 2 is 1.95 bits per heavy atom. The number of halogens is 4. The van der Waals surface area contributed by atoms with Gasteiger partial charge in [-0.3, -0.25) is 0 Å². The second kappa shape index (κ2) is 4.95. The van der Waals surface area contributed by atoms with E-state index in [1.165, 1.54) is 6.07 Å². The summed E-state index contributed by atoms with van der Waals surface area (Å²) in [4.78, 5) is 7.03. The standard InChI is InChI=1S/C12H10F4N4/c1-6-2-3-7(12(14,15)16)4-9(6)19-10-8(13)5-18-11(17)20-10/h2-5H,1H3,(H3,17,18,19,20). The van der Waals surface area contributed by atoms with E-state index in [9.17, 15) is 17.6 Å². The van der Waals surface area contributed by atoms with E-state index in [2.05, 4.69) is 15.3 Å². The van der Waals surface area contributed by atoms with Crippen LogP contribution in [-0.2, 0) is 6.18 Å². The number of rotatable bonds is 2. The highest BCUT2D eigenvalue weighted by Crippen LogP contribution is 2.33. The molecule has 2 rings (SSSR count). The summed E-state index contributed by atoms with van der Waals surface area (Å²) in [6.45, 7) is 1.59. The van der Waals surface area contributed by atoms with Gasteiger partial charge in [-0.15, -0.1) is 0 Å². The Morgan fingerprint density at radius 3 is 2.60 bits per heavy atom. The van der Waals surface area contributed by atoms with Gasteiger partial charge in [0.25, 0.3) is 0 Å². The van der Waals surface area contributed by atoms with Crippen LogP contribution in [0.15, 0.2) is 24.4 Å². The molecule has 0 radical (unpaired) electrons. The van der Waals surface area contributed by atoms with Gasteiger partial charge in [0.05, 0.1) is 11.8 Å². The molecule has 0 atom stereocenters. The van der Waals surface area contributed by atoms with Crippen molar-refractivity contribution in [1.82, 2.24) is 9.97 Å². The summed E-state index contributed by atoms with van der Waals surface area (Å²) >= 11 is 0. The van der Waals surface area contributed by atoms with Gasteiger partial charge in [-0.05, 0) is 24.6 Å². The van der Waals surface area contributed by atoms with Crippen LogP contribution < -0.4 is 11.1 Å². The highest BCUT2D eigenvalue weighted by atomic mass is 19.4. The Hall–Kier alpha value is -2.38. The van der Waals surface area contributed by atoms with Crippen molar-refractivity contribution >= 4 is 17.5 Å². The average molecular weight is 286 g/mol. The maximum atomic E-state index is 13.5. The van der Waals surface area contributed by atoms with Crippen LogP contribution in [0.3, 0.4) is 0 Å². The molecule has 0 amide bonds. The summed E-state index contributed by atoms with van der Waals surface area (Å²) in [7, 11) is 0. The van der Waals surface area contributed by atoms with Crippen molar-refractivity contribution in [2.45, 2.75) is 13.1 Å². The topological polar surface area (TPSA) is 63.8 Å². The summed E-state index contributed by atoms with van der Waals surface area (Å²) < 4.78 is 51.4. The third kappa shape index (κ3) is 2.95. The smallest absolute Gasteiger partial charge is 0.368 e. The van der Waals surface area contributed by atoms with Gasteiger partial charge in [0.2, 0.25) is 5.95 Å². The number of nitrogens with zero attached hydrogens (tertiary/aromatic N) is 2. The minimum atomic E-state index is -4.48. The highest BCUT2D eigenvalue weighted by Gasteiger charge is 2.30. The zero-order valence-corrected chi connectivity index (χ0v) is 10.3. The Kier molecular flexibility index (Phi) is 3.47. The number of hydrogen-bond acceptors (Lipinski definition) is 4. The molecule has 3 N–H and O–H groups in total. The van der Waals surface area contributed by atoms with E-state index in [-0.39, 0.29) is 17.5 Å². The first-order valence-corrected chi connectivity index (χ1v) is 5.50. The van der Waals surface area contributed by atoms with E-state index in [1.54, 1.807) is 6.92 Å². The Bertz CT molecular complexity index is 640. The predicted molar refractivity (Wildman–Crippen MR) is 65.9 cm³/mol. The monoisotopic (exact) mass is 286 g/mol. The number of aryl methyl sites for hydroxylation is 1. The minimum Gasteiger partial charge on any atom is -0.368 e. The van der Waals surface area contributed by atoms with Gasteiger partial charge in [-0.1, -0.05) is 6.07 Å². The van der Waals surface area contributed by atoms with E-state index in [4.69, 9.17) is 5.73 Å². The van der Waals surface area contributed by atoms with Crippen molar-refractivity contribution < 1.29 is 17.6 Å². The number of nitrogens with two attached hydrogens (primary N) is 1.